The first-order chi connectivity index (χ1) is 9.01. The second kappa shape index (κ2) is 5.11. The minimum absolute atomic E-state index is 0.0501. The van der Waals surface area contributed by atoms with E-state index in [1.165, 1.54) is 4.90 Å². The number of rotatable bonds is 2. The average molecular weight is 257 g/mol. The number of aryl methyl sites for hydroxylation is 1. The Morgan fingerprint density at radius 2 is 2.00 bits per heavy atom. The lowest BCUT2D eigenvalue weighted by Crippen LogP contribution is -2.51. The van der Waals surface area contributed by atoms with E-state index >= 15 is 0 Å². The van der Waals surface area contributed by atoms with Crippen LogP contribution in [0.25, 0.3) is 0 Å². The van der Waals surface area contributed by atoms with Crippen LogP contribution in [0.3, 0.4) is 0 Å². The maximum atomic E-state index is 11.9. The minimum atomic E-state index is -0.0501. The van der Waals surface area contributed by atoms with Gasteiger partial charge in [0, 0.05) is 13.6 Å². The summed E-state index contributed by atoms with van der Waals surface area (Å²) in [4.78, 5) is 26.5. The SMILES string of the molecule is Cc1cc(C#N)ccc1CN1CC(=O)N(C)CC1=O. The van der Waals surface area contributed by atoms with Crippen molar-refractivity contribution in [2.45, 2.75) is 13.5 Å². The number of nitriles is 1. The lowest BCUT2D eigenvalue weighted by molar-refractivity contribution is -0.149. The highest BCUT2D eigenvalue weighted by atomic mass is 16.2. The number of likely N-dealkylation sites (N-methyl/N-ethyl adjacent to an activating group) is 1. The Morgan fingerprint density at radius 1 is 1.26 bits per heavy atom. The van der Waals surface area contributed by atoms with Crippen LogP contribution in [0.5, 0.6) is 0 Å². The van der Waals surface area contributed by atoms with Gasteiger partial charge < -0.3 is 9.80 Å². The van der Waals surface area contributed by atoms with Crippen molar-refractivity contribution < 1.29 is 9.59 Å². The Labute approximate surface area is 112 Å². The monoisotopic (exact) mass is 257 g/mol. The predicted molar refractivity (Wildman–Crippen MR) is 68.9 cm³/mol. The van der Waals surface area contributed by atoms with Gasteiger partial charge in [0.25, 0.3) is 0 Å². The van der Waals surface area contributed by atoms with E-state index in [0.29, 0.717) is 12.1 Å². The highest BCUT2D eigenvalue weighted by Gasteiger charge is 2.27. The zero-order chi connectivity index (χ0) is 14.0. The molecule has 98 valence electrons. The second-order valence-electron chi connectivity index (χ2n) is 4.75. The molecule has 0 atom stereocenters. The Bertz CT molecular complexity index is 575. The zero-order valence-electron chi connectivity index (χ0n) is 11.0. The van der Waals surface area contributed by atoms with Crippen LogP contribution < -0.4 is 0 Å². The largest absolute Gasteiger partial charge is 0.335 e. The van der Waals surface area contributed by atoms with Gasteiger partial charge >= 0.3 is 0 Å². The van der Waals surface area contributed by atoms with Gasteiger partial charge in [0.15, 0.2) is 0 Å². The number of piperazine rings is 1. The molecule has 0 spiro atoms. The van der Waals surface area contributed by atoms with Crippen LogP contribution in [0.15, 0.2) is 18.2 Å². The molecule has 0 aliphatic carbocycles. The fourth-order valence-corrected chi connectivity index (χ4v) is 2.06. The Kier molecular flexibility index (Phi) is 3.52. The van der Waals surface area contributed by atoms with E-state index in [0.717, 1.165) is 11.1 Å². The van der Waals surface area contributed by atoms with Crippen molar-refractivity contribution in [3.8, 4) is 6.07 Å². The molecule has 2 amide bonds. The van der Waals surface area contributed by atoms with Crippen molar-refractivity contribution in [1.82, 2.24) is 9.80 Å². The van der Waals surface area contributed by atoms with Gasteiger partial charge in [0.2, 0.25) is 11.8 Å². The van der Waals surface area contributed by atoms with Crippen molar-refractivity contribution >= 4 is 11.8 Å². The van der Waals surface area contributed by atoms with Crippen molar-refractivity contribution in [3.05, 3.63) is 34.9 Å². The average Bonchev–Trinajstić information content (AvgIpc) is 2.38. The molecule has 2 rings (SSSR count). The molecule has 1 aliphatic heterocycles. The van der Waals surface area contributed by atoms with Crippen molar-refractivity contribution in [1.29, 1.82) is 5.26 Å². The lowest BCUT2D eigenvalue weighted by Gasteiger charge is -2.32. The van der Waals surface area contributed by atoms with Gasteiger partial charge in [-0.25, -0.2) is 0 Å². The van der Waals surface area contributed by atoms with E-state index < -0.39 is 0 Å². The van der Waals surface area contributed by atoms with Crippen LogP contribution in [-0.4, -0.2) is 41.8 Å². The van der Waals surface area contributed by atoms with Gasteiger partial charge in [0.05, 0.1) is 18.2 Å². The number of hydrogen-bond acceptors (Lipinski definition) is 3. The molecule has 1 fully saturated rings. The van der Waals surface area contributed by atoms with E-state index in [4.69, 9.17) is 5.26 Å². The van der Waals surface area contributed by atoms with E-state index in [1.807, 2.05) is 13.0 Å². The van der Waals surface area contributed by atoms with Crippen LogP contribution >= 0.6 is 0 Å². The maximum absolute atomic E-state index is 11.9. The molecule has 5 heteroatoms. The molecule has 0 radical (unpaired) electrons. The molecule has 19 heavy (non-hydrogen) atoms. The Morgan fingerprint density at radius 3 is 2.63 bits per heavy atom. The van der Waals surface area contributed by atoms with Crippen LogP contribution in [0.1, 0.15) is 16.7 Å². The molecule has 1 heterocycles. The molecule has 1 saturated heterocycles. The van der Waals surface area contributed by atoms with Crippen molar-refractivity contribution in [3.63, 3.8) is 0 Å². The van der Waals surface area contributed by atoms with Crippen LogP contribution in [0.4, 0.5) is 0 Å². The van der Waals surface area contributed by atoms with Gasteiger partial charge in [-0.15, -0.1) is 0 Å². The third kappa shape index (κ3) is 2.74. The van der Waals surface area contributed by atoms with Crippen LogP contribution in [0.2, 0.25) is 0 Å². The smallest absolute Gasteiger partial charge is 0.242 e. The lowest BCUT2D eigenvalue weighted by atomic mass is 10.0. The number of carbonyl (C=O) groups excluding carboxylic acids is 2. The molecular formula is C14H15N3O2. The summed E-state index contributed by atoms with van der Waals surface area (Å²) in [7, 11) is 1.63. The van der Waals surface area contributed by atoms with Gasteiger partial charge in [0.1, 0.15) is 6.54 Å². The van der Waals surface area contributed by atoms with Crippen LogP contribution in [-0.2, 0) is 16.1 Å². The third-order valence-corrected chi connectivity index (χ3v) is 3.31. The molecular weight excluding hydrogens is 242 g/mol. The summed E-state index contributed by atoms with van der Waals surface area (Å²) in [5.41, 5.74) is 2.52. The van der Waals surface area contributed by atoms with E-state index in [1.54, 1.807) is 24.1 Å². The molecule has 1 aromatic rings. The number of hydrogen-bond donors (Lipinski definition) is 0. The molecule has 1 aromatic carbocycles. The molecule has 0 bridgehead atoms. The first kappa shape index (κ1) is 13.1. The number of benzene rings is 1. The summed E-state index contributed by atoms with van der Waals surface area (Å²) in [5, 5.41) is 8.82. The van der Waals surface area contributed by atoms with E-state index in [9.17, 15) is 9.59 Å². The fraction of sp³-hybridized carbons (Fsp3) is 0.357. The molecule has 0 aromatic heterocycles. The van der Waals surface area contributed by atoms with Crippen LogP contribution in [0, 0.1) is 18.3 Å². The summed E-state index contributed by atoms with van der Waals surface area (Å²) in [6, 6.07) is 7.43. The van der Waals surface area contributed by atoms with Crippen molar-refractivity contribution in [2.75, 3.05) is 20.1 Å². The third-order valence-electron chi connectivity index (χ3n) is 3.31. The zero-order valence-corrected chi connectivity index (χ0v) is 11.0. The highest BCUT2D eigenvalue weighted by Crippen LogP contribution is 2.15. The number of carbonyl (C=O) groups is 2. The summed E-state index contributed by atoms with van der Waals surface area (Å²) in [5.74, 6) is -0.100. The molecule has 0 N–H and O–H groups in total. The van der Waals surface area contributed by atoms with Gasteiger partial charge in [-0.05, 0) is 30.2 Å². The minimum Gasteiger partial charge on any atom is -0.335 e. The van der Waals surface area contributed by atoms with Gasteiger partial charge in [-0.1, -0.05) is 6.07 Å². The normalized spacial score (nSPS) is 15.6. The summed E-state index contributed by atoms with van der Waals surface area (Å²) in [6.45, 7) is 2.57. The molecule has 1 aliphatic rings. The summed E-state index contributed by atoms with van der Waals surface area (Å²) >= 11 is 0. The van der Waals surface area contributed by atoms with Gasteiger partial charge in [-0.2, -0.15) is 5.26 Å². The van der Waals surface area contributed by atoms with E-state index in [2.05, 4.69) is 6.07 Å². The fourth-order valence-electron chi connectivity index (χ4n) is 2.06. The van der Waals surface area contributed by atoms with Crippen molar-refractivity contribution in [2.24, 2.45) is 0 Å². The topological polar surface area (TPSA) is 64.4 Å². The summed E-state index contributed by atoms with van der Waals surface area (Å²) in [6.07, 6.45) is 0. The maximum Gasteiger partial charge on any atom is 0.242 e. The summed E-state index contributed by atoms with van der Waals surface area (Å²) < 4.78 is 0. The molecule has 5 nitrogen and oxygen atoms in total. The van der Waals surface area contributed by atoms with Gasteiger partial charge in [-0.3, -0.25) is 9.59 Å². The highest BCUT2D eigenvalue weighted by molar-refractivity contribution is 5.92. The first-order valence-corrected chi connectivity index (χ1v) is 6.02. The number of amides is 2. The Balaban J connectivity index is 2.15. The molecule has 0 unspecified atom stereocenters. The predicted octanol–water partition coefficient (Wildman–Crippen LogP) is 0.667. The molecule has 0 saturated carbocycles. The first-order valence-electron chi connectivity index (χ1n) is 6.02. The standard InChI is InChI=1S/C14H15N3O2/c1-10-5-11(6-15)3-4-12(10)7-17-9-13(18)16(2)8-14(17)19/h3-5H,7-9H2,1-2H3. The Hall–Kier alpha value is -2.35. The number of nitrogens with zero attached hydrogens (tertiary/aromatic N) is 3. The van der Waals surface area contributed by atoms with E-state index in [-0.39, 0.29) is 24.9 Å². The second-order valence-corrected chi connectivity index (χ2v) is 4.75. The quantitative estimate of drug-likeness (QED) is 0.782.